The molecule has 1 saturated heterocycles. The highest BCUT2D eigenvalue weighted by molar-refractivity contribution is 7.17. The van der Waals surface area contributed by atoms with E-state index < -0.39 is 0 Å². The molecule has 0 aromatic carbocycles. The molecule has 2 aromatic heterocycles. The molecule has 0 spiro atoms. The number of thiophene rings is 1. The summed E-state index contributed by atoms with van der Waals surface area (Å²) in [6, 6.07) is 3.49. The maximum absolute atomic E-state index is 13.5. The van der Waals surface area contributed by atoms with Crippen LogP contribution < -0.4 is 5.32 Å². The monoisotopic (exact) mass is 397 g/mol. The van der Waals surface area contributed by atoms with E-state index in [1.54, 1.807) is 35.9 Å². The molecule has 3 heterocycles. The predicted molar refractivity (Wildman–Crippen MR) is 112 cm³/mol. The second-order valence-electron chi connectivity index (χ2n) is 8.27. The van der Waals surface area contributed by atoms with Crippen LogP contribution in [0.5, 0.6) is 0 Å². The maximum atomic E-state index is 13.5. The van der Waals surface area contributed by atoms with Gasteiger partial charge >= 0.3 is 0 Å². The van der Waals surface area contributed by atoms with Crippen molar-refractivity contribution < 1.29 is 9.59 Å². The minimum atomic E-state index is -0.207. The zero-order chi connectivity index (χ0) is 19.7. The van der Waals surface area contributed by atoms with Crippen molar-refractivity contribution in [1.82, 2.24) is 9.88 Å². The number of fused-ring (bicyclic) bond motifs is 1. The van der Waals surface area contributed by atoms with Crippen LogP contribution >= 0.6 is 11.3 Å². The SMILES string of the molecule is CC1CC(C)CN(C(=O)c2c(NC(=O)c3cccnc3)sc3c2CCCC3)C1. The number of hydrogen-bond acceptors (Lipinski definition) is 4. The van der Waals surface area contributed by atoms with Gasteiger partial charge in [-0.25, -0.2) is 0 Å². The number of rotatable bonds is 3. The van der Waals surface area contributed by atoms with Crippen LogP contribution in [0.3, 0.4) is 0 Å². The number of piperidine rings is 1. The topological polar surface area (TPSA) is 62.3 Å². The summed E-state index contributed by atoms with van der Waals surface area (Å²) in [4.78, 5) is 33.5. The standard InChI is InChI=1S/C22H27N3O2S/c1-14-10-15(2)13-25(12-14)22(27)19-17-7-3-4-8-18(17)28-21(19)24-20(26)16-6-5-9-23-11-16/h5-6,9,11,14-15H,3-4,7-8,10,12-13H2,1-2H3,(H,24,26). The molecule has 6 heteroatoms. The molecule has 0 saturated carbocycles. The Morgan fingerprint density at radius 3 is 2.64 bits per heavy atom. The second kappa shape index (κ2) is 8.03. The summed E-state index contributed by atoms with van der Waals surface area (Å²) in [5.41, 5.74) is 2.40. The van der Waals surface area contributed by atoms with Gasteiger partial charge < -0.3 is 10.2 Å². The normalized spacial score (nSPS) is 21.9. The molecule has 1 N–H and O–H groups in total. The van der Waals surface area contributed by atoms with E-state index in [1.807, 2.05) is 4.90 Å². The van der Waals surface area contributed by atoms with Gasteiger partial charge in [-0.05, 0) is 61.6 Å². The Balaban J connectivity index is 1.66. The summed E-state index contributed by atoms with van der Waals surface area (Å²) in [5, 5.41) is 3.72. The van der Waals surface area contributed by atoms with Crippen molar-refractivity contribution in [3.8, 4) is 0 Å². The molecule has 2 aliphatic rings. The van der Waals surface area contributed by atoms with Gasteiger partial charge in [-0.15, -0.1) is 11.3 Å². The summed E-state index contributed by atoms with van der Waals surface area (Å²) in [7, 11) is 0. The van der Waals surface area contributed by atoms with Crippen LogP contribution in [0.4, 0.5) is 5.00 Å². The van der Waals surface area contributed by atoms with Gasteiger partial charge in [0.25, 0.3) is 11.8 Å². The van der Waals surface area contributed by atoms with E-state index in [0.717, 1.165) is 56.3 Å². The Bertz CT molecular complexity index is 867. The lowest BCUT2D eigenvalue weighted by Crippen LogP contribution is -2.43. The number of pyridine rings is 1. The first-order valence-corrected chi connectivity index (χ1v) is 11.0. The maximum Gasteiger partial charge on any atom is 0.257 e. The van der Waals surface area contributed by atoms with Crippen molar-refractivity contribution in [3.05, 3.63) is 46.1 Å². The third kappa shape index (κ3) is 3.83. The fourth-order valence-electron chi connectivity index (χ4n) is 4.54. The van der Waals surface area contributed by atoms with Crippen LogP contribution in [0.25, 0.3) is 0 Å². The van der Waals surface area contributed by atoms with E-state index in [1.165, 1.54) is 4.88 Å². The summed E-state index contributed by atoms with van der Waals surface area (Å²) < 4.78 is 0. The van der Waals surface area contributed by atoms with Crippen LogP contribution in [0.2, 0.25) is 0 Å². The lowest BCUT2D eigenvalue weighted by atomic mass is 9.90. The number of aryl methyl sites for hydroxylation is 1. The van der Waals surface area contributed by atoms with Gasteiger partial charge in [0, 0.05) is 30.4 Å². The molecule has 2 unspecified atom stereocenters. The van der Waals surface area contributed by atoms with Crippen LogP contribution in [-0.4, -0.2) is 34.8 Å². The third-order valence-corrected chi connectivity index (χ3v) is 6.90. The second-order valence-corrected chi connectivity index (χ2v) is 9.37. The lowest BCUT2D eigenvalue weighted by Gasteiger charge is -2.35. The molecular weight excluding hydrogens is 370 g/mol. The van der Waals surface area contributed by atoms with Crippen molar-refractivity contribution in [2.24, 2.45) is 11.8 Å². The largest absolute Gasteiger partial charge is 0.338 e. The quantitative estimate of drug-likeness (QED) is 0.835. The van der Waals surface area contributed by atoms with Gasteiger partial charge in [0.05, 0.1) is 11.1 Å². The van der Waals surface area contributed by atoms with Crippen LogP contribution in [0, 0.1) is 11.8 Å². The van der Waals surface area contributed by atoms with E-state index in [9.17, 15) is 9.59 Å². The smallest absolute Gasteiger partial charge is 0.257 e. The third-order valence-electron chi connectivity index (χ3n) is 5.69. The van der Waals surface area contributed by atoms with Gasteiger partial charge in [0.2, 0.25) is 0 Å². The van der Waals surface area contributed by atoms with Crippen molar-refractivity contribution in [1.29, 1.82) is 0 Å². The predicted octanol–water partition coefficient (Wildman–Crippen LogP) is 4.39. The van der Waals surface area contributed by atoms with Gasteiger partial charge in [-0.2, -0.15) is 0 Å². The van der Waals surface area contributed by atoms with Crippen LogP contribution in [0.15, 0.2) is 24.5 Å². The number of hydrogen-bond donors (Lipinski definition) is 1. The Labute approximate surface area is 170 Å². The van der Waals surface area contributed by atoms with E-state index in [0.29, 0.717) is 22.4 Å². The fourth-order valence-corrected chi connectivity index (χ4v) is 5.82. The van der Waals surface area contributed by atoms with E-state index in [4.69, 9.17) is 0 Å². The van der Waals surface area contributed by atoms with E-state index in [2.05, 4.69) is 24.1 Å². The summed E-state index contributed by atoms with van der Waals surface area (Å²) in [5.74, 6) is 0.895. The number of amides is 2. The molecule has 2 aromatic rings. The van der Waals surface area contributed by atoms with Crippen molar-refractivity contribution >= 4 is 28.2 Å². The van der Waals surface area contributed by atoms with Crippen LogP contribution in [0.1, 0.15) is 64.3 Å². The van der Waals surface area contributed by atoms with Gasteiger partial charge in [0.1, 0.15) is 5.00 Å². The van der Waals surface area contributed by atoms with Gasteiger partial charge in [-0.3, -0.25) is 14.6 Å². The Hall–Kier alpha value is -2.21. The van der Waals surface area contributed by atoms with Gasteiger partial charge in [-0.1, -0.05) is 13.8 Å². The molecular formula is C22H27N3O2S. The van der Waals surface area contributed by atoms with E-state index >= 15 is 0 Å². The highest BCUT2D eigenvalue weighted by atomic mass is 32.1. The Morgan fingerprint density at radius 2 is 1.93 bits per heavy atom. The summed E-state index contributed by atoms with van der Waals surface area (Å²) in [6.07, 6.45) is 8.54. The number of aromatic nitrogens is 1. The number of likely N-dealkylation sites (tertiary alicyclic amines) is 1. The molecule has 1 aliphatic heterocycles. The van der Waals surface area contributed by atoms with Crippen molar-refractivity contribution in [2.45, 2.75) is 46.0 Å². The fraction of sp³-hybridized carbons (Fsp3) is 0.500. The highest BCUT2D eigenvalue weighted by Crippen LogP contribution is 2.39. The average molecular weight is 398 g/mol. The first kappa shape index (κ1) is 19.1. The minimum Gasteiger partial charge on any atom is -0.338 e. The minimum absolute atomic E-state index is 0.0827. The molecule has 1 fully saturated rings. The number of carbonyl (C=O) groups excluding carboxylic acids is 2. The van der Waals surface area contributed by atoms with Gasteiger partial charge in [0.15, 0.2) is 0 Å². The Morgan fingerprint density at radius 1 is 1.18 bits per heavy atom. The number of anilines is 1. The molecule has 1 aliphatic carbocycles. The number of nitrogens with zero attached hydrogens (tertiary/aromatic N) is 2. The molecule has 2 atom stereocenters. The van der Waals surface area contributed by atoms with Crippen molar-refractivity contribution in [3.63, 3.8) is 0 Å². The van der Waals surface area contributed by atoms with E-state index in [-0.39, 0.29) is 11.8 Å². The molecule has 4 rings (SSSR count). The summed E-state index contributed by atoms with van der Waals surface area (Å²) >= 11 is 1.58. The summed E-state index contributed by atoms with van der Waals surface area (Å²) in [6.45, 7) is 6.02. The Kier molecular flexibility index (Phi) is 5.49. The number of nitrogens with one attached hydrogen (secondary N) is 1. The molecule has 0 bridgehead atoms. The lowest BCUT2D eigenvalue weighted by molar-refractivity contribution is 0.0623. The average Bonchev–Trinajstić information content (AvgIpc) is 3.05. The molecule has 28 heavy (non-hydrogen) atoms. The first-order chi connectivity index (χ1) is 13.5. The molecule has 2 amide bonds. The molecule has 0 radical (unpaired) electrons. The van der Waals surface area contributed by atoms with Crippen LogP contribution in [-0.2, 0) is 12.8 Å². The number of carbonyl (C=O) groups is 2. The highest BCUT2D eigenvalue weighted by Gasteiger charge is 2.32. The molecule has 5 nitrogen and oxygen atoms in total. The zero-order valence-electron chi connectivity index (χ0n) is 16.5. The first-order valence-electron chi connectivity index (χ1n) is 10.2. The zero-order valence-corrected chi connectivity index (χ0v) is 17.3. The van der Waals surface area contributed by atoms with Crippen molar-refractivity contribution in [2.75, 3.05) is 18.4 Å². The molecule has 148 valence electrons.